The number of rotatable bonds is 5. The molecule has 2 atom stereocenters. The van der Waals surface area contributed by atoms with Crippen molar-refractivity contribution in [3.63, 3.8) is 0 Å². The van der Waals surface area contributed by atoms with Gasteiger partial charge in [0.15, 0.2) is 9.84 Å². The van der Waals surface area contributed by atoms with Crippen LogP contribution in [0.1, 0.15) is 35.7 Å². The summed E-state index contributed by atoms with van der Waals surface area (Å²) in [5, 5.41) is 6.37. The van der Waals surface area contributed by atoms with E-state index in [1.807, 2.05) is 18.2 Å². The Balaban J connectivity index is 1.74. The summed E-state index contributed by atoms with van der Waals surface area (Å²) in [7, 11) is -3.50. The summed E-state index contributed by atoms with van der Waals surface area (Å²) < 4.78 is 25.3. The van der Waals surface area contributed by atoms with Gasteiger partial charge in [-0.15, -0.1) is 0 Å². The Hall–Kier alpha value is -2.18. The van der Waals surface area contributed by atoms with Crippen LogP contribution in [0.4, 0.5) is 0 Å². The van der Waals surface area contributed by atoms with Crippen molar-refractivity contribution in [2.24, 2.45) is 0 Å². The first-order valence-corrected chi connectivity index (χ1v) is 10.5. The molecule has 3 rings (SSSR count). The van der Waals surface area contributed by atoms with Gasteiger partial charge >= 0.3 is 0 Å². The summed E-state index contributed by atoms with van der Waals surface area (Å²) in [4.78, 5) is 12.7. The maximum absolute atomic E-state index is 12.7. The van der Waals surface area contributed by atoms with Gasteiger partial charge in [0.25, 0.3) is 5.91 Å². The lowest BCUT2D eigenvalue weighted by Gasteiger charge is -2.28. The third-order valence-electron chi connectivity index (χ3n) is 4.61. The quantitative estimate of drug-likeness (QED) is 0.846. The maximum Gasteiger partial charge on any atom is 0.251 e. The van der Waals surface area contributed by atoms with Gasteiger partial charge in [-0.25, -0.2) is 8.42 Å². The molecule has 2 aromatic carbocycles. The number of piperidine rings is 1. The average molecular weight is 372 g/mol. The number of carbonyl (C=O) groups is 1. The van der Waals surface area contributed by atoms with E-state index in [4.69, 9.17) is 0 Å². The van der Waals surface area contributed by atoms with Gasteiger partial charge in [-0.2, -0.15) is 0 Å². The van der Waals surface area contributed by atoms with Crippen molar-refractivity contribution in [1.82, 2.24) is 10.6 Å². The van der Waals surface area contributed by atoms with E-state index in [0.717, 1.165) is 24.9 Å². The minimum absolute atomic E-state index is 0.0786. The molecule has 0 saturated carbocycles. The Morgan fingerprint density at radius 3 is 2.65 bits per heavy atom. The zero-order valence-corrected chi connectivity index (χ0v) is 15.6. The maximum atomic E-state index is 12.7. The summed E-state index contributed by atoms with van der Waals surface area (Å²) >= 11 is 0. The molecule has 0 radical (unpaired) electrons. The molecule has 1 aliphatic heterocycles. The standard InChI is InChI=1S/C20H24N2O3S/c1-15-12-18(10-11-21-15)22-20(23)17-8-5-9-19(13-17)26(24,25)14-16-6-3-2-4-7-16/h2-9,13,15,18,21H,10-12,14H2,1H3,(H,22,23). The number of nitrogens with one attached hydrogen (secondary N) is 2. The van der Waals surface area contributed by atoms with Crippen LogP contribution in [0, 0.1) is 0 Å². The van der Waals surface area contributed by atoms with Gasteiger partial charge in [0.1, 0.15) is 0 Å². The molecule has 0 spiro atoms. The SMILES string of the molecule is CC1CC(NC(=O)c2cccc(S(=O)(=O)Cc3ccccc3)c2)CCN1. The Bertz CT molecular complexity index is 866. The topological polar surface area (TPSA) is 75.3 Å². The second kappa shape index (κ2) is 8.01. The number of amides is 1. The van der Waals surface area contributed by atoms with Crippen molar-refractivity contribution >= 4 is 15.7 Å². The number of benzene rings is 2. The smallest absolute Gasteiger partial charge is 0.251 e. The Kier molecular flexibility index (Phi) is 5.74. The van der Waals surface area contributed by atoms with Gasteiger partial charge in [-0.1, -0.05) is 36.4 Å². The van der Waals surface area contributed by atoms with E-state index in [2.05, 4.69) is 17.6 Å². The van der Waals surface area contributed by atoms with Gasteiger partial charge in [-0.05, 0) is 50.1 Å². The summed E-state index contributed by atoms with van der Waals surface area (Å²) in [6, 6.07) is 15.8. The zero-order valence-electron chi connectivity index (χ0n) is 14.8. The van der Waals surface area contributed by atoms with E-state index in [1.54, 1.807) is 30.3 Å². The van der Waals surface area contributed by atoms with Crippen molar-refractivity contribution < 1.29 is 13.2 Å². The van der Waals surface area contributed by atoms with E-state index >= 15 is 0 Å². The molecular formula is C20H24N2O3S. The predicted octanol–water partition coefficient (Wildman–Crippen LogP) is 2.53. The molecule has 0 aliphatic carbocycles. The third-order valence-corrected chi connectivity index (χ3v) is 6.30. The van der Waals surface area contributed by atoms with Gasteiger partial charge in [0.05, 0.1) is 10.6 Å². The first-order valence-electron chi connectivity index (χ1n) is 8.85. The molecule has 1 heterocycles. The van der Waals surface area contributed by atoms with Crippen LogP contribution in [-0.2, 0) is 15.6 Å². The predicted molar refractivity (Wildman–Crippen MR) is 102 cm³/mol. The summed E-state index contributed by atoms with van der Waals surface area (Å²) in [6.07, 6.45) is 1.75. The highest BCUT2D eigenvalue weighted by atomic mass is 32.2. The monoisotopic (exact) mass is 372 g/mol. The Morgan fingerprint density at radius 2 is 1.92 bits per heavy atom. The van der Waals surface area contributed by atoms with E-state index in [9.17, 15) is 13.2 Å². The highest BCUT2D eigenvalue weighted by Crippen LogP contribution is 2.18. The summed E-state index contributed by atoms with van der Waals surface area (Å²) in [6.45, 7) is 2.96. The fourth-order valence-corrected chi connectivity index (χ4v) is 4.63. The summed E-state index contributed by atoms with van der Waals surface area (Å²) in [5.74, 6) is -0.300. The van der Waals surface area contributed by atoms with E-state index in [1.165, 1.54) is 6.07 Å². The molecule has 2 aromatic rings. The molecule has 1 saturated heterocycles. The Morgan fingerprint density at radius 1 is 1.15 bits per heavy atom. The normalized spacial score (nSPS) is 20.5. The van der Waals surface area contributed by atoms with Gasteiger partial charge in [0.2, 0.25) is 0 Å². The van der Waals surface area contributed by atoms with E-state index < -0.39 is 9.84 Å². The highest BCUT2D eigenvalue weighted by Gasteiger charge is 2.22. The molecule has 0 aromatic heterocycles. The van der Waals surface area contributed by atoms with Crippen LogP contribution >= 0.6 is 0 Å². The highest BCUT2D eigenvalue weighted by molar-refractivity contribution is 7.90. The molecule has 6 heteroatoms. The minimum atomic E-state index is -3.50. The second-order valence-electron chi connectivity index (χ2n) is 6.82. The molecule has 26 heavy (non-hydrogen) atoms. The van der Waals surface area contributed by atoms with E-state index in [-0.39, 0.29) is 22.6 Å². The van der Waals surface area contributed by atoms with Crippen molar-refractivity contribution in [2.45, 2.75) is 42.5 Å². The molecule has 2 N–H and O–H groups in total. The van der Waals surface area contributed by atoms with Crippen LogP contribution < -0.4 is 10.6 Å². The van der Waals surface area contributed by atoms with Gasteiger partial charge < -0.3 is 10.6 Å². The van der Waals surface area contributed by atoms with Crippen molar-refractivity contribution in [1.29, 1.82) is 0 Å². The Labute approximate surface area is 154 Å². The van der Waals surface area contributed by atoms with Crippen LogP contribution in [0.3, 0.4) is 0 Å². The molecule has 138 valence electrons. The molecule has 1 fully saturated rings. The molecule has 5 nitrogen and oxygen atoms in total. The van der Waals surface area contributed by atoms with Crippen LogP contribution in [0.15, 0.2) is 59.5 Å². The van der Waals surface area contributed by atoms with Crippen LogP contribution in [-0.4, -0.2) is 33.0 Å². The lowest BCUT2D eigenvalue weighted by atomic mass is 10.0. The van der Waals surface area contributed by atoms with E-state index in [0.29, 0.717) is 11.6 Å². The van der Waals surface area contributed by atoms with Crippen molar-refractivity contribution in [2.75, 3.05) is 6.54 Å². The molecule has 1 amide bonds. The molecule has 2 unspecified atom stereocenters. The van der Waals surface area contributed by atoms with Gasteiger partial charge in [-0.3, -0.25) is 4.79 Å². The minimum Gasteiger partial charge on any atom is -0.349 e. The third kappa shape index (κ3) is 4.71. The fourth-order valence-electron chi connectivity index (χ4n) is 3.24. The molecular weight excluding hydrogens is 348 g/mol. The number of hydrogen-bond donors (Lipinski definition) is 2. The largest absolute Gasteiger partial charge is 0.349 e. The van der Waals surface area contributed by atoms with Crippen molar-refractivity contribution in [3.8, 4) is 0 Å². The van der Waals surface area contributed by atoms with Crippen LogP contribution in [0.2, 0.25) is 0 Å². The second-order valence-corrected chi connectivity index (χ2v) is 8.81. The fraction of sp³-hybridized carbons (Fsp3) is 0.350. The average Bonchev–Trinajstić information content (AvgIpc) is 2.62. The van der Waals surface area contributed by atoms with Crippen LogP contribution in [0.5, 0.6) is 0 Å². The first-order chi connectivity index (χ1) is 12.4. The summed E-state index contributed by atoms with van der Waals surface area (Å²) in [5.41, 5.74) is 1.11. The lowest BCUT2D eigenvalue weighted by Crippen LogP contribution is -2.46. The number of hydrogen-bond acceptors (Lipinski definition) is 4. The van der Waals surface area contributed by atoms with Crippen LogP contribution in [0.25, 0.3) is 0 Å². The zero-order chi connectivity index (χ0) is 18.6. The molecule has 1 aliphatic rings. The number of sulfone groups is 1. The van der Waals surface area contributed by atoms with Gasteiger partial charge in [0, 0.05) is 17.6 Å². The first kappa shape index (κ1) is 18.6. The lowest BCUT2D eigenvalue weighted by molar-refractivity contribution is 0.0925. The number of carbonyl (C=O) groups excluding carboxylic acids is 1. The van der Waals surface area contributed by atoms with Crippen molar-refractivity contribution in [3.05, 3.63) is 65.7 Å². The molecule has 0 bridgehead atoms.